The molecule has 4 rings (SSSR count). The lowest BCUT2D eigenvalue weighted by atomic mass is 9.94. The Hall–Kier alpha value is -2.38. The Morgan fingerprint density at radius 2 is 1.87 bits per heavy atom. The van der Waals surface area contributed by atoms with Gasteiger partial charge >= 0.3 is 0 Å². The maximum atomic E-state index is 13.1. The van der Waals surface area contributed by atoms with Crippen LogP contribution in [0.25, 0.3) is 6.08 Å². The summed E-state index contributed by atoms with van der Waals surface area (Å²) in [6, 6.07) is 11.9. The molecule has 0 bridgehead atoms. The van der Waals surface area contributed by atoms with E-state index in [4.69, 9.17) is 21.7 Å². The molecule has 1 heterocycles. The van der Waals surface area contributed by atoms with Crippen molar-refractivity contribution in [3.63, 3.8) is 0 Å². The molecule has 0 N–H and O–H groups in total. The minimum atomic E-state index is -0.278. The molecule has 2 fully saturated rings. The van der Waals surface area contributed by atoms with E-state index in [1.54, 1.807) is 19.2 Å². The second-order valence-corrected chi connectivity index (χ2v) is 9.34. The monoisotopic (exact) mass is 457 g/mol. The summed E-state index contributed by atoms with van der Waals surface area (Å²) in [5.41, 5.74) is 1.70. The highest BCUT2D eigenvalue weighted by Gasteiger charge is 2.37. The third kappa shape index (κ3) is 5.10. The standard InChI is InChI=1S/C24H24FNO3S2/c1-28-21-13-17(9-12-20(21)29-15-16-7-10-18(25)11-8-16)14-22-23(27)26(24(30)31-22)19-5-3-2-4-6-19/h7-14,19H,2-6,15H2,1H3/b22-14+. The van der Waals surface area contributed by atoms with Crippen LogP contribution in [0.3, 0.4) is 0 Å². The first kappa shape index (κ1) is 21.8. The van der Waals surface area contributed by atoms with E-state index in [1.807, 2.05) is 29.2 Å². The van der Waals surface area contributed by atoms with Crippen LogP contribution in [0.4, 0.5) is 4.39 Å². The lowest BCUT2D eigenvalue weighted by Crippen LogP contribution is -2.39. The van der Waals surface area contributed by atoms with Crippen molar-refractivity contribution in [2.75, 3.05) is 7.11 Å². The van der Waals surface area contributed by atoms with E-state index >= 15 is 0 Å². The highest BCUT2D eigenvalue weighted by Crippen LogP contribution is 2.38. The number of benzene rings is 2. The van der Waals surface area contributed by atoms with Gasteiger partial charge in [-0.3, -0.25) is 9.69 Å². The minimum Gasteiger partial charge on any atom is -0.493 e. The topological polar surface area (TPSA) is 38.8 Å². The first-order valence-corrected chi connectivity index (χ1v) is 11.6. The summed E-state index contributed by atoms with van der Waals surface area (Å²) in [7, 11) is 1.58. The van der Waals surface area contributed by atoms with Gasteiger partial charge in [-0.1, -0.05) is 61.4 Å². The number of thioether (sulfide) groups is 1. The third-order valence-corrected chi connectivity index (χ3v) is 6.89. The number of hydrogen-bond acceptors (Lipinski definition) is 5. The molecule has 0 spiro atoms. The zero-order valence-electron chi connectivity index (χ0n) is 17.3. The predicted molar refractivity (Wildman–Crippen MR) is 126 cm³/mol. The van der Waals surface area contributed by atoms with Crippen LogP contribution in [0.2, 0.25) is 0 Å². The van der Waals surface area contributed by atoms with E-state index in [1.165, 1.54) is 30.3 Å². The van der Waals surface area contributed by atoms with Crippen LogP contribution in [-0.2, 0) is 11.4 Å². The molecule has 1 aliphatic heterocycles. The predicted octanol–water partition coefficient (Wildman–Crippen LogP) is 5.95. The molecule has 162 valence electrons. The summed E-state index contributed by atoms with van der Waals surface area (Å²) in [6.45, 7) is 0.302. The van der Waals surface area contributed by atoms with Crippen LogP contribution in [0, 0.1) is 5.82 Å². The van der Waals surface area contributed by atoms with Gasteiger partial charge in [0.25, 0.3) is 5.91 Å². The second kappa shape index (κ2) is 9.83. The zero-order valence-corrected chi connectivity index (χ0v) is 18.9. The fraction of sp³-hybridized carbons (Fsp3) is 0.333. The summed E-state index contributed by atoms with van der Waals surface area (Å²) in [5, 5.41) is 0. The van der Waals surface area contributed by atoms with Gasteiger partial charge in [0, 0.05) is 6.04 Å². The smallest absolute Gasteiger partial charge is 0.266 e. The van der Waals surface area contributed by atoms with Crippen LogP contribution in [-0.4, -0.2) is 28.3 Å². The average molecular weight is 458 g/mol. The number of methoxy groups -OCH3 is 1. The molecule has 1 saturated carbocycles. The second-order valence-electron chi connectivity index (χ2n) is 7.67. The number of amides is 1. The van der Waals surface area contributed by atoms with E-state index in [-0.39, 0.29) is 17.8 Å². The maximum Gasteiger partial charge on any atom is 0.266 e. The molecular weight excluding hydrogens is 433 g/mol. The summed E-state index contributed by atoms with van der Waals surface area (Å²) in [4.78, 5) is 15.4. The van der Waals surface area contributed by atoms with E-state index < -0.39 is 0 Å². The first-order valence-electron chi connectivity index (χ1n) is 10.4. The van der Waals surface area contributed by atoms with E-state index in [0.717, 1.165) is 36.8 Å². The van der Waals surface area contributed by atoms with Gasteiger partial charge < -0.3 is 9.47 Å². The Morgan fingerprint density at radius 1 is 1.13 bits per heavy atom. The van der Waals surface area contributed by atoms with Gasteiger partial charge in [-0.05, 0) is 54.3 Å². The van der Waals surface area contributed by atoms with Gasteiger partial charge in [0.2, 0.25) is 0 Å². The van der Waals surface area contributed by atoms with Crippen LogP contribution >= 0.6 is 24.0 Å². The molecule has 2 aromatic rings. The number of ether oxygens (including phenoxy) is 2. The lowest BCUT2D eigenvalue weighted by molar-refractivity contribution is -0.124. The highest BCUT2D eigenvalue weighted by atomic mass is 32.2. The third-order valence-electron chi connectivity index (χ3n) is 5.56. The van der Waals surface area contributed by atoms with Crippen molar-refractivity contribution >= 4 is 40.3 Å². The molecule has 1 amide bonds. The molecule has 1 aliphatic carbocycles. The number of nitrogens with zero attached hydrogens (tertiary/aromatic N) is 1. The zero-order chi connectivity index (χ0) is 21.8. The van der Waals surface area contributed by atoms with Crippen LogP contribution in [0.5, 0.6) is 11.5 Å². The molecule has 0 radical (unpaired) electrons. The molecule has 0 atom stereocenters. The Bertz CT molecular complexity index is 1000. The molecule has 2 aromatic carbocycles. The molecule has 0 unspecified atom stereocenters. The number of carbonyl (C=O) groups is 1. The maximum absolute atomic E-state index is 13.1. The van der Waals surface area contributed by atoms with Crippen molar-refractivity contribution in [3.8, 4) is 11.5 Å². The van der Waals surface area contributed by atoms with Crippen molar-refractivity contribution in [1.29, 1.82) is 0 Å². The van der Waals surface area contributed by atoms with Crippen molar-refractivity contribution < 1.29 is 18.7 Å². The van der Waals surface area contributed by atoms with Crippen LogP contribution in [0.15, 0.2) is 47.4 Å². The first-order chi connectivity index (χ1) is 15.0. The summed E-state index contributed by atoms with van der Waals surface area (Å²) in [6.07, 6.45) is 7.43. The molecule has 0 aromatic heterocycles. The fourth-order valence-electron chi connectivity index (χ4n) is 3.92. The number of rotatable bonds is 6. The molecular formula is C24H24FNO3S2. The van der Waals surface area contributed by atoms with Gasteiger partial charge in [-0.2, -0.15) is 0 Å². The van der Waals surface area contributed by atoms with Gasteiger partial charge in [-0.25, -0.2) is 4.39 Å². The molecule has 31 heavy (non-hydrogen) atoms. The Balaban J connectivity index is 1.48. The number of halogens is 1. The van der Waals surface area contributed by atoms with E-state index in [2.05, 4.69) is 0 Å². The van der Waals surface area contributed by atoms with Crippen LogP contribution < -0.4 is 9.47 Å². The number of carbonyl (C=O) groups excluding carboxylic acids is 1. The summed E-state index contributed by atoms with van der Waals surface area (Å²) >= 11 is 6.87. The van der Waals surface area contributed by atoms with E-state index in [9.17, 15) is 9.18 Å². The SMILES string of the molecule is COc1cc(/C=C2/SC(=S)N(C3CCCCC3)C2=O)ccc1OCc1ccc(F)cc1. The van der Waals surface area contributed by atoms with E-state index in [0.29, 0.717) is 27.3 Å². The Kier molecular flexibility index (Phi) is 6.92. The largest absolute Gasteiger partial charge is 0.493 e. The van der Waals surface area contributed by atoms with Crippen molar-refractivity contribution in [1.82, 2.24) is 4.90 Å². The van der Waals surface area contributed by atoms with Gasteiger partial charge in [-0.15, -0.1) is 0 Å². The summed E-state index contributed by atoms with van der Waals surface area (Å²) in [5.74, 6) is 0.870. The average Bonchev–Trinajstić information content (AvgIpc) is 3.07. The Labute approximate surface area is 191 Å². The van der Waals surface area contributed by atoms with Crippen LogP contribution in [0.1, 0.15) is 43.2 Å². The fourth-order valence-corrected chi connectivity index (χ4v) is 5.32. The quantitative estimate of drug-likeness (QED) is 0.396. The van der Waals surface area contributed by atoms with Crippen molar-refractivity contribution in [2.24, 2.45) is 0 Å². The Morgan fingerprint density at radius 3 is 2.58 bits per heavy atom. The van der Waals surface area contributed by atoms with Gasteiger partial charge in [0.05, 0.1) is 12.0 Å². The van der Waals surface area contributed by atoms with Gasteiger partial charge in [0.15, 0.2) is 11.5 Å². The molecule has 1 saturated heterocycles. The van der Waals surface area contributed by atoms with Crippen molar-refractivity contribution in [2.45, 2.75) is 44.8 Å². The summed E-state index contributed by atoms with van der Waals surface area (Å²) < 4.78 is 25.0. The highest BCUT2D eigenvalue weighted by molar-refractivity contribution is 8.26. The molecule has 7 heteroatoms. The normalized spacial score (nSPS) is 18.6. The number of thiocarbonyl (C=S) groups is 1. The van der Waals surface area contributed by atoms with Gasteiger partial charge in [0.1, 0.15) is 16.7 Å². The molecule has 2 aliphatic rings. The lowest BCUT2D eigenvalue weighted by Gasteiger charge is -2.29. The molecule has 4 nitrogen and oxygen atoms in total. The minimum absolute atomic E-state index is 0.00231. The number of hydrogen-bond donors (Lipinski definition) is 0. The van der Waals surface area contributed by atoms with Crippen molar-refractivity contribution in [3.05, 3.63) is 64.3 Å².